The summed E-state index contributed by atoms with van der Waals surface area (Å²) in [5.74, 6) is 0. The summed E-state index contributed by atoms with van der Waals surface area (Å²) < 4.78 is 7.80. The van der Waals surface area contributed by atoms with Gasteiger partial charge in [0.05, 0.1) is 11.0 Å². The molecule has 0 aliphatic carbocycles. The first-order chi connectivity index (χ1) is 22.3. The highest BCUT2D eigenvalue weighted by Gasteiger charge is 2.18. The summed E-state index contributed by atoms with van der Waals surface area (Å²) in [4.78, 5) is 0. The Bertz CT molecular complexity index is 2760. The lowest BCUT2D eigenvalue weighted by atomic mass is 10.0. The van der Waals surface area contributed by atoms with Crippen molar-refractivity contribution < 1.29 is 0 Å². The van der Waals surface area contributed by atoms with E-state index in [1.165, 1.54) is 90.1 Å². The van der Waals surface area contributed by atoms with Crippen molar-refractivity contribution in [2.75, 3.05) is 0 Å². The quantitative estimate of drug-likeness (QED) is 0.188. The molecule has 10 rings (SSSR count). The van der Waals surface area contributed by atoms with Crippen molar-refractivity contribution in [1.29, 1.82) is 0 Å². The first-order valence-electron chi connectivity index (χ1n) is 15.3. The summed E-state index contributed by atoms with van der Waals surface area (Å²) in [7, 11) is 0. The molecule has 3 heterocycles. The molecule has 45 heavy (non-hydrogen) atoms. The maximum atomic E-state index is 2.46. The maximum Gasteiger partial charge on any atom is 0.0541 e. The van der Waals surface area contributed by atoms with Crippen LogP contribution in [0.5, 0.6) is 0 Å². The van der Waals surface area contributed by atoms with E-state index < -0.39 is 0 Å². The molecule has 3 aromatic heterocycles. The SMILES string of the molecule is c1ccc(-c2cc(-n3c4ccccc4c4cc(-c5ccc6c(c5)sc5ccccc56)ccc43)cc3c2sc2ccccc23)cc1. The van der Waals surface area contributed by atoms with Crippen LogP contribution in [0.15, 0.2) is 152 Å². The molecule has 0 amide bonds. The van der Waals surface area contributed by atoms with Crippen LogP contribution in [-0.4, -0.2) is 4.57 Å². The van der Waals surface area contributed by atoms with Crippen LogP contribution in [0.25, 0.3) is 90.1 Å². The monoisotopic (exact) mass is 607 g/mol. The lowest BCUT2D eigenvalue weighted by Crippen LogP contribution is -1.95. The predicted molar refractivity (Wildman–Crippen MR) is 197 cm³/mol. The number of nitrogens with zero attached hydrogens (tertiary/aromatic N) is 1. The third-order valence-electron chi connectivity index (χ3n) is 9.19. The Labute approximate surface area is 267 Å². The van der Waals surface area contributed by atoms with Gasteiger partial charge in [-0.05, 0) is 65.2 Å². The largest absolute Gasteiger partial charge is 0.309 e. The molecule has 10 aromatic rings. The third kappa shape index (κ3) is 3.78. The number of rotatable bonds is 3. The van der Waals surface area contributed by atoms with Crippen LogP contribution in [-0.2, 0) is 0 Å². The maximum absolute atomic E-state index is 2.46. The second-order valence-electron chi connectivity index (χ2n) is 11.7. The normalized spacial score (nSPS) is 12.0. The summed E-state index contributed by atoms with van der Waals surface area (Å²) in [5, 5.41) is 7.85. The van der Waals surface area contributed by atoms with Gasteiger partial charge in [0.1, 0.15) is 0 Å². The van der Waals surface area contributed by atoms with Gasteiger partial charge in [0.25, 0.3) is 0 Å². The molecule has 0 fully saturated rings. The van der Waals surface area contributed by atoms with E-state index in [0.717, 1.165) is 0 Å². The van der Waals surface area contributed by atoms with Gasteiger partial charge in [-0.2, -0.15) is 0 Å². The Balaban J connectivity index is 1.22. The molecular formula is C42H25NS2. The average Bonchev–Trinajstić information content (AvgIpc) is 3.77. The summed E-state index contributed by atoms with van der Waals surface area (Å²) in [6.45, 7) is 0. The van der Waals surface area contributed by atoms with Gasteiger partial charge in [-0.3, -0.25) is 0 Å². The van der Waals surface area contributed by atoms with E-state index in [0.29, 0.717) is 0 Å². The van der Waals surface area contributed by atoms with Crippen LogP contribution in [0, 0.1) is 0 Å². The summed E-state index contributed by atoms with van der Waals surface area (Å²) in [5.41, 5.74) is 8.66. The summed E-state index contributed by atoms with van der Waals surface area (Å²) in [6.07, 6.45) is 0. The molecule has 0 saturated heterocycles. The van der Waals surface area contributed by atoms with E-state index in [4.69, 9.17) is 0 Å². The van der Waals surface area contributed by atoms with Crippen LogP contribution in [0.1, 0.15) is 0 Å². The van der Waals surface area contributed by atoms with Crippen LogP contribution >= 0.6 is 22.7 Å². The molecule has 210 valence electrons. The first kappa shape index (κ1) is 25.1. The molecule has 0 saturated carbocycles. The zero-order valence-corrected chi connectivity index (χ0v) is 25.8. The van der Waals surface area contributed by atoms with Crippen molar-refractivity contribution in [2.45, 2.75) is 0 Å². The molecule has 0 atom stereocenters. The molecule has 0 unspecified atom stereocenters. The first-order valence-corrected chi connectivity index (χ1v) is 16.9. The number of para-hydroxylation sites is 1. The van der Waals surface area contributed by atoms with Gasteiger partial charge in [0, 0.05) is 62.4 Å². The van der Waals surface area contributed by atoms with Crippen molar-refractivity contribution in [3.63, 3.8) is 0 Å². The second kappa shape index (κ2) is 9.64. The molecule has 0 radical (unpaired) electrons. The van der Waals surface area contributed by atoms with Gasteiger partial charge in [0.2, 0.25) is 0 Å². The molecule has 0 N–H and O–H groups in total. The van der Waals surface area contributed by atoms with E-state index in [9.17, 15) is 0 Å². The second-order valence-corrected chi connectivity index (χ2v) is 13.9. The molecule has 3 heteroatoms. The zero-order valence-electron chi connectivity index (χ0n) is 24.2. The molecule has 0 aliphatic rings. The molecule has 1 nitrogen and oxygen atoms in total. The predicted octanol–water partition coefficient (Wildman–Crippen LogP) is 12.9. The smallest absolute Gasteiger partial charge is 0.0541 e. The molecule has 0 spiro atoms. The van der Waals surface area contributed by atoms with E-state index in [-0.39, 0.29) is 0 Å². The van der Waals surface area contributed by atoms with E-state index in [1.54, 1.807) is 0 Å². The Morgan fingerprint density at radius 1 is 0.356 bits per heavy atom. The van der Waals surface area contributed by atoms with Gasteiger partial charge in [-0.15, -0.1) is 22.7 Å². The van der Waals surface area contributed by atoms with Gasteiger partial charge in [0.15, 0.2) is 0 Å². The Hall–Kier alpha value is -5.22. The Kier molecular flexibility index (Phi) is 5.39. The molecule has 0 bridgehead atoms. The highest BCUT2D eigenvalue weighted by Crippen LogP contribution is 2.44. The lowest BCUT2D eigenvalue weighted by molar-refractivity contribution is 1.19. The highest BCUT2D eigenvalue weighted by atomic mass is 32.1. The van der Waals surface area contributed by atoms with Crippen molar-refractivity contribution >= 4 is 84.8 Å². The standard InChI is InChI=1S/C42H25NS2/c1-2-10-26(11-3-1)34-24-29(25-36-32-14-6-9-17-40(32)45-42(34)36)43-37-15-7-4-12-30(37)35-22-27(19-21-38(35)43)28-18-20-33-31-13-5-8-16-39(31)44-41(33)23-28/h1-25H. The molecular weight excluding hydrogens is 583 g/mol. The van der Waals surface area contributed by atoms with Crippen molar-refractivity contribution in [1.82, 2.24) is 4.57 Å². The zero-order chi connectivity index (χ0) is 29.5. The Morgan fingerprint density at radius 2 is 0.978 bits per heavy atom. The summed E-state index contributed by atoms with van der Waals surface area (Å²) >= 11 is 3.77. The van der Waals surface area contributed by atoms with E-state index in [2.05, 4.69) is 156 Å². The van der Waals surface area contributed by atoms with Crippen LogP contribution in [0.2, 0.25) is 0 Å². The highest BCUT2D eigenvalue weighted by molar-refractivity contribution is 7.26. The molecule has 0 aliphatic heterocycles. The fourth-order valence-corrected chi connectivity index (χ4v) is 9.47. The number of fused-ring (bicyclic) bond motifs is 9. The van der Waals surface area contributed by atoms with Gasteiger partial charge in [-0.25, -0.2) is 0 Å². The van der Waals surface area contributed by atoms with Crippen LogP contribution in [0.4, 0.5) is 0 Å². The lowest BCUT2D eigenvalue weighted by Gasteiger charge is -2.12. The fourth-order valence-electron chi connectivity index (χ4n) is 7.11. The third-order valence-corrected chi connectivity index (χ3v) is 11.5. The van der Waals surface area contributed by atoms with Gasteiger partial charge >= 0.3 is 0 Å². The number of benzene rings is 7. The number of hydrogen-bond acceptors (Lipinski definition) is 2. The fraction of sp³-hybridized carbons (Fsp3) is 0. The average molecular weight is 608 g/mol. The Morgan fingerprint density at radius 3 is 1.82 bits per heavy atom. The van der Waals surface area contributed by atoms with Crippen molar-refractivity contribution in [2.24, 2.45) is 0 Å². The number of hydrogen-bond donors (Lipinski definition) is 0. The minimum Gasteiger partial charge on any atom is -0.309 e. The van der Waals surface area contributed by atoms with Crippen LogP contribution in [0.3, 0.4) is 0 Å². The summed E-state index contributed by atoms with van der Waals surface area (Å²) in [6, 6.07) is 55.9. The van der Waals surface area contributed by atoms with E-state index in [1.807, 2.05) is 22.7 Å². The minimum absolute atomic E-state index is 1.19. The van der Waals surface area contributed by atoms with Crippen molar-refractivity contribution in [3.05, 3.63) is 152 Å². The van der Waals surface area contributed by atoms with E-state index >= 15 is 0 Å². The topological polar surface area (TPSA) is 4.93 Å². The van der Waals surface area contributed by atoms with Gasteiger partial charge < -0.3 is 4.57 Å². The van der Waals surface area contributed by atoms with Crippen LogP contribution < -0.4 is 0 Å². The molecule has 7 aromatic carbocycles. The minimum atomic E-state index is 1.19. The van der Waals surface area contributed by atoms with Crippen molar-refractivity contribution in [3.8, 4) is 27.9 Å². The van der Waals surface area contributed by atoms with Gasteiger partial charge in [-0.1, -0.05) is 103 Å². The number of thiophene rings is 2. The number of aromatic nitrogens is 1.